The van der Waals surface area contributed by atoms with Gasteiger partial charge in [0.15, 0.2) is 5.75 Å². The van der Waals surface area contributed by atoms with Crippen LogP contribution in [0, 0.1) is 20.2 Å². The van der Waals surface area contributed by atoms with Crippen LogP contribution in [-0.2, 0) is 0 Å². The number of hydrogen-bond donors (Lipinski definition) is 1. The number of hydrogen-bond acceptors (Lipinski definition) is 6. The van der Waals surface area contributed by atoms with Gasteiger partial charge >= 0.3 is 5.69 Å². The molecule has 0 fully saturated rings. The Labute approximate surface area is 106 Å². The molecule has 2 rings (SSSR count). The Kier molecular flexibility index (Phi) is 3.06. The third-order valence-electron chi connectivity index (χ3n) is 2.46. The monoisotopic (exact) mass is 261 g/mol. The van der Waals surface area contributed by atoms with Crippen molar-refractivity contribution in [1.29, 1.82) is 0 Å². The molecular weight excluding hydrogens is 254 g/mol. The lowest BCUT2D eigenvalue weighted by Gasteiger charge is -2.05. The van der Waals surface area contributed by atoms with Crippen molar-refractivity contribution in [3.05, 3.63) is 56.9 Å². The predicted octanol–water partition coefficient (Wildman–Crippen LogP) is 2.27. The molecule has 0 radical (unpaired) electrons. The quantitative estimate of drug-likeness (QED) is 0.668. The summed E-state index contributed by atoms with van der Waals surface area (Å²) in [5.41, 5.74) is -1.24. The maximum Gasteiger partial charge on any atom is 0.325 e. The lowest BCUT2D eigenvalue weighted by atomic mass is 10.0. The fourth-order valence-electron chi connectivity index (χ4n) is 1.70. The number of aromatic hydroxyl groups is 1. The van der Waals surface area contributed by atoms with Crippen LogP contribution in [0.3, 0.4) is 0 Å². The maximum atomic E-state index is 11.0. The highest BCUT2D eigenvalue weighted by Crippen LogP contribution is 2.42. The number of nitrogens with zero attached hydrogens (tertiary/aromatic N) is 3. The van der Waals surface area contributed by atoms with Crippen LogP contribution < -0.4 is 0 Å². The van der Waals surface area contributed by atoms with Crippen molar-refractivity contribution in [2.24, 2.45) is 0 Å². The first-order valence-corrected chi connectivity index (χ1v) is 5.07. The van der Waals surface area contributed by atoms with Crippen LogP contribution in [0.15, 0.2) is 36.7 Å². The average molecular weight is 261 g/mol. The molecule has 8 nitrogen and oxygen atoms in total. The van der Waals surface area contributed by atoms with Gasteiger partial charge in [0.2, 0.25) is 0 Å². The molecule has 0 aliphatic carbocycles. The maximum absolute atomic E-state index is 11.0. The minimum absolute atomic E-state index is 0.191. The van der Waals surface area contributed by atoms with Gasteiger partial charge in [0.1, 0.15) is 5.56 Å². The van der Waals surface area contributed by atoms with Gasteiger partial charge in [-0.15, -0.1) is 0 Å². The van der Waals surface area contributed by atoms with Crippen LogP contribution in [0.5, 0.6) is 5.75 Å². The second kappa shape index (κ2) is 4.69. The summed E-state index contributed by atoms with van der Waals surface area (Å²) in [7, 11) is 0. The van der Waals surface area contributed by atoms with Crippen molar-refractivity contribution in [1.82, 2.24) is 4.98 Å². The zero-order valence-electron chi connectivity index (χ0n) is 9.39. The molecule has 0 spiro atoms. The van der Waals surface area contributed by atoms with Crippen molar-refractivity contribution in [3.63, 3.8) is 0 Å². The van der Waals surface area contributed by atoms with Gasteiger partial charge in [0.25, 0.3) is 5.69 Å². The first kappa shape index (κ1) is 12.4. The summed E-state index contributed by atoms with van der Waals surface area (Å²) in [4.78, 5) is 24.1. The van der Waals surface area contributed by atoms with Gasteiger partial charge in [-0.25, -0.2) is 0 Å². The van der Waals surface area contributed by atoms with Crippen LogP contribution in [-0.4, -0.2) is 19.9 Å². The fourth-order valence-corrected chi connectivity index (χ4v) is 1.70. The summed E-state index contributed by atoms with van der Waals surface area (Å²) in [6, 6.07) is 4.88. The summed E-state index contributed by atoms with van der Waals surface area (Å²) in [5.74, 6) is -0.630. The Hall–Kier alpha value is -3.03. The average Bonchev–Trinajstić information content (AvgIpc) is 2.38. The number of phenols is 1. The molecular formula is C11H7N3O5. The molecule has 0 saturated heterocycles. The predicted molar refractivity (Wildman–Crippen MR) is 64.6 cm³/mol. The Bertz CT molecular complexity index is 657. The van der Waals surface area contributed by atoms with Crippen LogP contribution in [0.4, 0.5) is 11.4 Å². The number of aromatic nitrogens is 1. The first-order chi connectivity index (χ1) is 9.02. The summed E-state index contributed by atoms with van der Waals surface area (Å²) in [5, 5.41) is 31.5. The van der Waals surface area contributed by atoms with Crippen LogP contribution in [0.1, 0.15) is 0 Å². The van der Waals surface area contributed by atoms with E-state index in [1.807, 2.05) is 0 Å². The van der Waals surface area contributed by atoms with Gasteiger partial charge in [0, 0.05) is 24.0 Å². The zero-order chi connectivity index (χ0) is 14.0. The minimum atomic E-state index is -0.856. The van der Waals surface area contributed by atoms with Crippen LogP contribution >= 0.6 is 0 Å². The van der Waals surface area contributed by atoms with Gasteiger partial charge < -0.3 is 5.11 Å². The van der Waals surface area contributed by atoms with Gasteiger partial charge in [-0.05, 0) is 12.1 Å². The van der Waals surface area contributed by atoms with E-state index in [1.54, 1.807) is 0 Å². The molecule has 0 saturated carbocycles. The summed E-state index contributed by atoms with van der Waals surface area (Å²) in [6.45, 7) is 0. The van der Waals surface area contributed by atoms with Crippen molar-refractivity contribution < 1.29 is 15.0 Å². The smallest absolute Gasteiger partial charge is 0.325 e. The molecule has 0 unspecified atom stereocenters. The molecule has 0 aliphatic rings. The van der Waals surface area contributed by atoms with E-state index in [0.29, 0.717) is 0 Å². The second-order valence-electron chi connectivity index (χ2n) is 3.58. The Balaban J connectivity index is 2.85. The summed E-state index contributed by atoms with van der Waals surface area (Å²) < 4.78 is 0. The molecule has 1 heterocycles. The van der Waals surface area contributed by atoms with Gasteiger partial charge in [0.05, 0.1) is 9.85 Å². The van der Waals surface area contributed by atoms with E-state index in [9.17, 15) is 25.3 Å². The highest BCUT2D eigenvalue weighted by molar-refractivity contribution is 5.84. The van der Waals surface area contributed by atoms with Gasteiger partial charge in [-0.3, -0.25) is 25.2 Å². The number of phenolic OH excluding ortho intramolecular Hbond substituents is 1. The van der Waals surface area contributed by atoms with E-state index in [2.05, 4.69) is 4.98 Å². The summed E-state index contributed by atoms with van der Waals surface area (Å²) in [6.07, 6.45) is 2.69. The molecule has 0 amide bonds. The molecule has 1 N–H and O–H groups in total. The normalized spacial score (nSPS) is 10.1. The highest BCUT2D eigenvalue weighted by Gasteiger charge is 2.30. The number of benzene rings is 1. The third-order valence-corrected chi connectivity index (χ3v) is 2.46. The van der Waals surface area contributed by atoms with Gasteiger partial charge in [-0.1, -0.05) is 6.07 Å². The Morgan fingerprint density at radius 3 is 2.37 bits per heavy atom. The SMILES string of the molecule is O=[N+]([O-])c1ccc(O)c([N+](=O)[O-])c1-c1cccnc1. The molecule has 1 aromatic carbocycles. The van der Waals surface area contributed by atoms with E-state index in [0.717, 1.165) is 12.1 Å². The van der Waals surface area contributed by atoms with Crippen LogP contribution in [0.2, 0.25) is 0 Å². The second-order valence-corrected chi connectivity index (χ2v) is 3.58. The molecule has 1 aromatic heterocycles. The first-order valence-electron chi connectivity index (χ1n) is 5.07. The molecule has 8 heteroatoms. The van der Waals surface area contributed by atoms with Crippen molar-refractivity contribution in [3.8, 4) is 16.9 Å². The molecule has 0 atom stereocenters. The number of pyridine rings is 1. The van der Waals surface area contributed by atoms with Gasteiger partial charge in [-0.2, -0.15) is 0 Å². The third kappa shape index (κ3) is 2.18. The van der Waals surface area contributed by atoms with E-state index >= 15 is 0 Å². The molecule has 0 aliphatic heterocycles. The topological polar surface area (TPSA) is 119 Å². The van der Waals surface area contributed by atoms with E-state index in [-0.39, 0.29) is 11.1 Å². The fraction of sp³-hybridized carbons (Fsp3) is 0. The highest BCUT2D eigenvalue weighted by atomic mass is 16.6. The largest absolute Gasteiger partial charge is 0.502 e. The molecule has 2 aromatic rings. The molecule has 0 bridgehead atoms. The minimum Gasteiger partial charge on any atom is -0.502 e. The van der Waals surface area contributed by atoms with E-state index in [4.69, 9.17) is 0 Å². The molecule has 19 heavy (non-hydrogen) atoms. The Morgan fingerprint density at radius 2 is 1.84 bits per heavy atom. The van der Waals surface area contributed by atoms with Crippen molar-refractivity contribution in [2.75, 3.05) is 0 Å². The number of nitro benzene ring substituents is 2. The zero-order valence-corrected chi connectivity index (χ0v) is 9.39. The van der Waals surface area contributed by atoms with Crippen LogP contribution in [0.25, 0.3) is 11.1 Å². The summed E-state index contributed by atoms with van der Waals surface area (Å²) >= 11 is 0. The lowest BCUT2D eigenvalue weighted by Crippen LogP contribution is -1.98. The van der Waals surface area contributed by atoms with Crippen molar-refractivity contribution >= 4 is 11.4 Å². The van der Waals surface area contributed by atoms with Crippen molar-refractivity contribution in [2.45, 2.75) is 0 Å². The van der Waals surface area contributed by atoms with E-state index < -0.39 is 27.0 Å². The standard InChI is InChI=1S/C11H7N3O5/c15-9-4-3-8(13(16)17)10(11(9)14(18)19)7-2-1-5-12-6-7/h1-6,15H. The number of rotatable bonds is 3. The Morgan fingerprint density at radius 1 is 1.11 bits per heavy atom. The van der Waals surface area contributed by atoms with E-state index in [1.165, 1.54) is 24.5 Å². The lowest BCUT2D eigenvalue weighted by molar-refractivity contribution is -0.393. The number of nitro groups is 2. The molecule has 96 valence electrons.